The van der Waals surface area contributed by atoms with Crippen LogP contribution in [0.5, 0.6) is 5.75 Å². The van der Waals surface area contributed by atoms with E-state index >= 15 is 0 Å². The molecule has 0 amide bonds. The van der Waals surface area contributed by atoms with Crippen LogP contribution in [0.3, 0.4) is 0 Å². The summed E-state index contributed by atoms with van der Waals surface area (Å²) in [6.07, 6.45) is 3.65. The Kier molecular flexibility index (Phi) is 9.20. The van der Waals surface area contributed by atoms with Crippen LogP contribution in [0.2, 0.25) is 0 Å². The van der Waals surface area contributed by atoms with Gasteiger partial charge in [0.25, 0.3) is 6.33 Å². The number of phenolic OH excluding ortho intramolecular Hbond substituents is 1. The van der Waals surface area contributed by atoms with Crippen LogP contribution in [0.4, 0.5) is 0 Å². The van der Waals surface area contributed by atoms with Gasteiger partial charge in [-0.05, 0) is 44.5 Å². The smallest absolute Gasteiger partial charge is 0.511 e. The molecule has 0 spiro atoms. The number of hydrogen-bond acceptors (Lipinski definition) is 1. The molecule has 0 aliphatic carbocycles. The summed E-state index contributed by atoms with van der Waals surface area (Å²) in [4.78, 5) is 0. The molecule has 1 N–H and O–H groups in total. The van der Waals surface area contributed by atoms with Crippen LogP contribution in [-0.4, -0.2) is 9.67 Å². The third-order valence-electron chi connectivity index (χ3n) is 8.49. The van der Waals surface area contributed by atoms with Crippen molar-refractivity contribution in [3.8, 4) is 28.3 Å². The van der Waals surface area contributed by atoms with Gasteiger partial charge in [0.15, 0.2) is 0 Å². The monoisotopic (exact) mass is 781 g/mol. The maximum absolute atomic E-state index is 11.8. The molecule has 3 nitrogen and oxygen atoms in total. The van der Waals surface area contributed by atoms with Crippen molar-refractivity contribution in [3.05, 3.63) is 107 Å². The normalized spacial score (nSPS) is 12.8. The van der Waals surface area contributed by atoms with Crippen molar-refractivity contribution in [1.82, 2.24) is 4.57 Å². The number of fused-ring (bicyclic) bond motifs is 1. The zero-order valence-corrected chi connectivity index (χ0v) is 31.2. The molecule has 0 atom stereocenters. The maximum Gasteiger partial charge on any atom is 3.00 e. The fourth-order valence-electron chi connectivity index (χ4n) is 5.55. The molecule has 0 aliphatic heterocycles. The molecule has 0 bridgehead atoms. The number of para-hydroxylation sites is 2. The minimum atomic E-state index is -0.235. The van der Waals surface area contributed by atoms with E-state index < -0.39 is 0 Å². The summed E-state index contributed by atoms with van der Waals surface area (Å²) in [5, 5.41) is 11.8. The van der Waals surface area contributed by atoms with E-state index in [2.05, 4.69) is 161 Å². The number of aromatic nitrogens is 2. The van der Waals surface area contributed by atoms with Gasteiger partial charge < -0.3 is 9.67 Å². The average molecular weight is 782 g/mol. The number of benzene rings is 4. The van der Waals surface area contributed by atoms with E-state index in [9.17, 15) is 5.11 Å². The third kappa shape index (κ3) is 7.02. The number of hydrogen-bond donors (Lipinski definition) is 1. The Labute approximate surface area is 286 Å². The molecule has 5 rings (SSSR count). The summed E-state index contributed by atoms with van der Waals surface area (Å²) in [5.41, 5.74) is 9.81. The van der Waals surface area contributed by atoms with Crippen LogP contribution in [0.1, 0.15) is 105 Å². The van der Waals surface area contributed by atoms with Gasteiger partial charge in [-0.15, -0.1) is 23.3 Å². The molecule has 0 saturated heterocycles. The van der Waals surface area contributed by atoms with Crippen LogP contribution >= 0.6 is 0 Å². The van der Waals surface area contributed by atoms with Crippen molar-refractivity contribution in [1.29, 1.82) is 0 Å². The van der Waals surface area contributed by atoms with Gasteiger partial charge in [-0.25, -0.2) is 11.1 Å². The van der Waals surface area contributed by atoms with E-state index in [0.717, 1.165) is 39.1 Å². The van der Waals surface area contributed by atoms with Gasteiger partial charge in [0.2, 0.25) is 0 Å². The molecular weight excluding hydrogens is 733 g/mol. The molecule has 0 saturated carbocycles. The summed E-state index contributed by atoms with van der Waals surface area (Å²) >= 11 is 0. The molecule has 1 aromatic heterocycles. The van der Waals surface area contributed by atoms with Crippen molar-refractivity contribution in [2.24, 2.45) is 0 Å². The molecule has 0 unspecified atom stereocenters. The van der Waals surface area contributed by atoms with Gasteiger partial charge >= 0.3 is 22.4 Å². The topological polar surface area (TPSA) is 29.0 Å². The number of nitrogens with zero attached hydrogens (tertiary/aromatic N) is 2. The SMILES string of the molecule is CC(C)(C)c1cc[c-]c(-c2[c-]c(-n3[c-][n+](-c4cc(C(C)(C)C)cc(C(C)(C)C)c4O)c4ccccc43)cc(C(C)(C)C)c2)c1.[Au+3]. The van der Waals surface area contributed by atoms with Crippen molar-refractivity contribution in [2.45, 2.75) is 105 Å². The van der Waals surface area contributed by atoms with Crippen LogP contribution in [-0.2, 0) is 44.0 Å². The first-order valence-corrected chi connectivity index (χ1v) is 15.7. The van der Waals surface area contributed by atoms with E-state index in [-0.39, 0.29) is 49.8 Å². The predicted octanol–water partition coefficient (Wildman–Crippen LogP) is 9.87. The molecule has 238 valence electrons. The fourth-order valence-corrected chi connectivity index (χ4v) is 5.55. The number of rotatable bonds is 3. The molecule has 4 heteroatoms. The van der Waals surface area contributed by atoms with Crippen molar-refractivity contribution >= 4 is 11.0 Å². The minimum Gasteiger partial charge on any atom is -0.511 e. The van der Waals surface area contributed by atoms with E-state index in [1.807, 2.05) is 16.7 Å². The quantitative estimate of drug-likeness (QED) is 0.110. The predicted molar refractivity (Wildman–Crippen MR) is 183 cm³/mol. The summed E-state index contributed by atoms with van der Waals surface area (Å²) in [6.45, 7) is 26.5. The Bertz CT molecular complexity index is 1850. The molecule has 4 aromatic carbocycles. The summed E-state index contributed by atoms with van der Waals surface area (Å²) in [6, 6.07) is 30.7. The molecule has 0 aliphatic rings. The minimum absolute atomic E-state index is 0. The Hall–Kier alpha value is -3.11. The first-order valence-electron chi connectivity index (χ1n) is 15.7. The van der Waals surface area contributed by atoms with Crippen LogP contribution in [0.25, 0.3) is 33.5 Å². The van der Waals surface area contributed by atoms with Gasteiger partial charge in [-0.2, -0.15) is 30.3 Å². The fraction of sp³-hybridized carbons (Fsp3) is 0.390. The molecular formula is C41H48AuN2O+. The van der Waals surface area contributed by atoms with Crippen molar-refractivity contribution < 1.29 is 32.1 Å². The van der Waals surface area contributed by atoms with Crippen molar-refractivity contribution in [3.63, 3.8) is 0 Å². The number of imidazole rings is 1. The van der Waals surface area contributed by atoms with Crippen LogP contribution in [0, 0.1) is 18.5 Å². The first kappa shape index (κ1) is 34.8. The van der Waals surface area contributed by atoms with Gasteiger partial charge in [0, 0.05) is 0 Å². The van der Waals surface area contributed by atoms with Gasteiger partial charge in [-0.1, -0.05) is 113 Å². The summed E-state index contributed by atoms with van der Waals surface area (Å²) in [7, 11) is 0. The third-order valence-corrected chi connectivity index (χ3v) is 8.49. The average Bonchev–Trinajstić information content (AvgIpc) is 3.30. The second kappa shape index (κ2) is 11.9. The second-order valence-corrected chi connectivity index (χ2v) is 16.3. The van der Waals surface area contributed by atoms with Gasteiger partial charge in [0.05, 0.1) is 11.0 Å². The second-order valence-electron chi connectivity index (χ2n) is 16.3. The van der Waals surface area contributed by atoms with Crippen LogP contribution in [0.15, 0.2) is 66.7 Å². The largest absolute Gasteiger partial charge is 3.00 e. The number of phenols is 1. The van der Waals surface area contributed by atoms with Gasteiger partial charge in [-0.3, -0.25) is 4.57 Å². The zero-order chi connectivity index (χ0) is 32.4. The maximum atomic E-state index is 11.8. The molecule has 0 fully saturated rings. The Morgan fingerprint density at radius 3 is 1.82 bits per heavy atom. The van der Waals surface area contributed by atoms with E-state index in [4.69, 9.17) is 0 Å². The van der Waals surface area contributed by atoms with E-state index in [0.29, 0.717) is 0 Å². The van der Waals surface area contributed by atoms with Crippen LogP contribution < -0.4 is 4.57 Å². The Balaban J connectivity index is 0.00000461. The Morgan fingerprint density at radius 1 is 0.644 bits per heavy atom. The van der Waals surface area contributed by atoms with E-state index in [1.54, 1.807) is 0 Å². The number of aromatic hydroxyl groups is 1. The first-order chi connectivity index (χ1) is 20.2. The molecule has 5 aromatic rings. The summed E-state index contributed by atoms with van der Waals surface area (Å²) in [5.74, 6) is 0.288. The van der Waals surface area contributed by atoms with E-state index in [1.165, 1.54) is 16.7 Å². The Morgan fingerprint density at radius 2 is 1.22 bits per heavy atom. The molecule has 45 heavy (non-hydrogen) atoms. The van der Waals surface area contributed by atoms with Crippen molar-refractivity contribution in [2.75, 3.05) is 0 Å². The standard InChI is InChI=1S/C41H48N2O.Au/c1-38(2,3)29-17-15-16-27(20-29)28-21-30(39(4,5)6)23-32(22-28)42-26-43(35-19-14-13-18-34(35)42)36-25-31(40(7,8)9)24-33(37(36)44)41(10,11)12;/h13-15,17-21,23-25,44H,1-12H3;/q-2;+3. The summed E-state index contributed by atoms with van der Waals surface area (Å²) < 4.78 is 4.10. The molecule has 1 heterocycles. The zero-order valence-electron chi connectivity index (χ0n) is 29.0. The van der Waals surface area contributed by atoms with Gasteiger partial charge in [0.1, 0.15) is 11.4 Å². The molecule has 0 radical (unpaired) electrons.